The Morgan fingerprint density at radius 3 is 2.65 bits per heavy atom. The minimum Gasteiger partial charge on any atom is -0.338 e. The van der Waals surface area contributed by atoms with Gasteiger partial charge in [0, 0.05) is 24.3 Å². The molecule has 2 N–H and O–H groups in total. The number of rotatable bonds is 4. The lowest BCUT2D eigenvalue weighted by molar-refractivity contribution is -0.140. The SMILES string of the molecule is CC1(C)Cc2c(cnn2-c2ccccc2)CN(C(=O)CC(F)(F)CN)C1. The van der Waals surface area contributed by atoms with Crippen LogP contribution in [0, 0.1) is 5.41 Å². The van der Waals surface area contributed by atoms with E-state index in [2.05, 4.69) is 5.10 Å². The first kappa shape index (κ1) is 18.5. The van der Waals surface area contributed by atoms with Gasteiger partial charge in [-0.15, -0.1) is 0 Å². The number of benzene rings is 1. The zero-order valence-electron chi connectivity index (χ0n) is 15.1. The minimum absolute atomic E-state index is 0.258. The first-order chi connectivity index (χ1) is 12.2. The van der Waals surface area contributed by atoms with Crippen LogP contribution in [0.5, 0.6) is 0 Å². The smallest absolute Gasteiger partial charge is 0.268 e. The molecule has 0 saturated heterocycles. The van der Waals surface area contributed by atoms with E-state index in [0.29, 0.717) is 13.0 Å². The molecule has 0 unspecified atom stereocenters. The number of fused-ring (bicyclic) bond motifs is 1. The number of aromatic nitrogens is 2. The number of para-hydroxylation sites is 1. The number of nitrogens with two attached hydrogens (primary N) is 1. The molecule has 0 radical (unpaired) electrons. The van der Waals surface area contributed by atoms with Gasteiger partial charge in [-0.2, -0.15) is 5.10 Å². The molecule has 5 nitrogen and oxygen atoms in total. The van der Waals surface area contributed by atoms with Crippen LogP contribution in [0.1, 0.15) is 31.5 Å². The van der Waals surface area contributed by atoms with Crippen molar-refractivity contribution in [2.45, 2.75) is 39.2 Å². The van der Waals surface area contributed by atoms with Gasteiger partial charge in [-0.05, 0) is 24.0 Å². The van der Waals surface area contributed by atoms with Crippen molar-refractivity contribution in [2.24, 2.45) is 11.1 Å². The van der Waals surface area contributed by atoms with Crippen molar-refractivity contribution in [1.29, 1.82) is 0 Å². The molecule has 140 valence electrons. The Labute approximate surface area is 151 Å². The van der Waals surface area contributed by atoms with Crippen LogP contribution in [-0.2, 0) is 17.8 Å². The van der Waals surface area contributed by atoms with Crippen molar-refractivity contribution in [3.63, 3.8) is 0 Å². The molecular weight excluding hydrogens is 338 g/mol. The standard InChI is InChI=1S/C19H24F2N4O/c1-18(2)8-16-14(10-23-25(16)15-6-4-3-5-7-15)11-24(13-18)17(26)9-19(20,21)12-22/h3-7,10H,8-9,11-13,22H2,1-2H3. The van der Waals surface area contributed by atoms with E-state index in [1.54, 1.807) is 6.20 Å². The quantitative estimate of drug-likeness (QED) is 0.910. The van der Waals surface area contributed by atoms with Crippen LogP contribution >= 0.6 is 0 Å². The second kappa shape index (κ2) is 6.79. The number of amides is 1. The predicted molar refractivity (Wildman–Crippen MR) is 95.1 cm³/mol. The van der Waals surface area contributed by atoms with E-state index in [0.717, 1.165) is 16.9 Å². The maximum atomic E-state index is 13.6. The Kier molecular flexibility index (Phi) is 4.84. The van der Waals surface area contributed by atoms with Crippen LogP contribution in [0.4, 0.5) is 8.78 Å². The van der Waals surface area contributed by atoms with Gasteiger partial charge < -0.3 is 10.6 Å². The van der Waals surface area contributed by atoms with Gasteiger partial charge >= 0.3 is 0 Å². The van der Waals surface area contributed by atoms with E-state index in [9.17, 15) is 13.6 Å². The summed E-state index contributed by atoms with van der Waals surface area (Å²) in [4.78, 5) is 14.0. The average Bonchev–Trinajstić information content (AvgIpc) is 2.89. The molecule has 0 aliphatic carbocycles. The van der Waals surface area contributed by atoms with E-state index < -0.39 is 24.8 Å². The normalized spacial score (nSPS) is 16.9. The summed E-state index contributed by atoms with van der Waals surface area (Å²) in [6.07, 6.45) is 1.57. The van der Waals surface area contributed by atoms with E-state index in [1.807, 2.05) is 48.9 Å². The van der Waals surface area contributed by atoms with E-state index >= 15 is 0 Å². The van der Waals surface area contributed by atoms with Crippen LogP contribution in [0.15, 0.2) is 36.5 Å². The van der Waals surface area contributed by atoms with Gasteiger partial charge in [0.05, 0.1) is 24.8 Å². The van der Waals surface area contributed by atoms with Crippen molar-refractivity contribution in [1.82, 2.24) is 14.7 Å². The molecule has 2 aromatic rings. The zero-order chi connectivity index (χ0) is 18.9. The summed E-state index contributed by atoms with van der Waals surface area (Å²) >= 11 is 0. The Morgan fingerprint density at radius 1 is 1.31 bits per heavy atom. The lowest BCUT2D eigenvalue weighted by Gasteiger charge is -2.30. The van der Waals surface area contributed by atoms with Gasteiger partial charge in [0.15, 0.2) is 0 Å². The molecule has 1 aromatic heterocycles. The lowest BCUT2D eigenvalue weighted by atomic mass is 9.87. The number of hydrogen-bond donors (Lipinski definition) is 1. The van der Waals surface area contributed by atoms with E-state index in [4.69, 9.17) is 5.73 Å². The summed E-state index contributed by atoms with van der Waals surface area (Å²) in [5, 5.41) is 4.47. The fraction of sp³-hybridized carbons (Fsp3) is 0.474. The lowest BCUT2D eigenvalue weighted by Crippen LogP contribution is -2.41. The summed E-state index contributed by atoms with van der Waals surface area (Å²) in [7, 11) is 0. The van der Waals surface area contributed by atoms with Crippen LogP contribution in [0.25, 0.3) is 5.69 Å². The van der Waals surface area contributed by atoms with Gasteiger partial charge in [-0.25, -0.2) is 13.5 Å². The van der Waals surface area contributed by atoms with Crippen LogP contribution in [0.3, 0.4) is 0 Å². The highest BCUT2D eigenvalue weighted by molar-refractivity contribution is 5.77. The maximum absolute atomic E-state index is 13.6. The second-order valence-corrected chi connectivity index (χ2v) is 7.69. The van der Waals surface area contributed by atoms with Crippen LogP contribution < -0.4 is 5.73 Å². The number of hydrogen-bond acceptors (Lipinski definition) is 3. The second-order valence-electron chi connectivity index (χ2n) is 7.69. The van der Waals surface area contributed by atoms with Crippen molar-refractivity contribution < 1.29 is 13.6 Å². The molecule has 1 aliphatic heterocycles. The van der Waals surface area contributed by atoms with Crippen molar-refractivity contribution in [2.75, 3.05) is 13.1 Å². The third-order valence-electron chi connectivity index (χ3n) is 4.64. The molecule has 1 amide bonds. The Bertz CT molecular complexity index is 786. The van der Waals surface area contributed by atoms with E-state index in [1.165, 1.54) is 4.90 Å². The molecule has 1 aromatic carbocycles. The third-order valence-corrected chi connectivity index (χ3v) is 4.64. The molecule has 0 spiro atoms. The Morgan fingerprint density at radius 2 is 2.00 bits per heavy atom. The molecule has 0 atom stereocenters. The largest absolute Gasteiger partial charge is 0.338 e. The molecule has 1 aliphatic rings. The highest BCUT2D eigenvalue weighted by atomic mass is 19.3. The van der Waals surface area contributed by atoms with Crippen LogP contribution in [-0.4, -0.2) is 39.6 Å². The minimum atomic E-state index is -3.18. The average molecular weight is 362 g/mol. The first-order valence-electron chi connectivity index (χ1n) is 8.68. The predicted octanol–water partition coefficient (Wildman–Crippen LogP) is 2.77. The van der Waals surface area contributed by atoms with Gasteiger partial charge in [-0.1, -0.05) is 32.0 Å². The van der Waals surface area contributed by atoms with Gasteiger partial charge in [0.1, 0.15) is 0 Å². The summed E-state index contributed by atoms with van der Waals surface area (Å²) < 4.78 is 29.0. The summed E-state index contributed by atoms with van der Waals surface area (Å²) in [6.45, 7) is 3.94. The van der Waals surface area contributed by atoms with Crippen LogP contribution in [0.2, 0.25) is 0 Å². The maximum Gasteiger partial charge on any atom is 0.268 e. The molecule has 0 fully saturated rings. The van der Waals surface area contributed by atoms with Gasteiger partial charge in [-0.3, -0.25) is 4.79 Å². The van der Waals surface area contributed by atoms with Crippen molar-refractivity contribution >= 4 is 5.91 Å². The molecule has 3 rings (SSSR count). The number of nitrogens with zero attached hydrogens (tertiary/aromatic N) is 3. The molecule has 0 saturated carbocycles. The highest BCUT2D eigenvalue weighted by Crippen LogP contribution is 2.32. The number of carbonyl (C=O) groups excluding carboxylic acids is 1. The van der Waals surface area contributed by atoms with Crippen molar-refractivity contribution in [3.8, 4) is 5.69 Å². The number of halogens is 2. The summed E-state index contributed by atoms with van der Waals surface area (Å²) in [6, 6.07) is 9.76. The van der Waals surface area contributed by atoms with Gasteiger partial charge in [0.25, 0.3) is 5.92 Å². The topological polar surface area (TPSA) is 64.2 Å². The summed E-state index contributed by atoms with van der Waals surface area (Å²) in [5.74, 6) is -3.75. The first-order valence-corrected chi connectivity index (χ1v) is 8.68. The highest BCUT2D eigenvalue weighted by Gasteiger charge is 2.37. The number of alkyl halides is 2. The van der Waals surface area contributed by atoms with Crippen molar-refractivity contribution in [3.05, 3.63) is 47.8 Å². The van der Waals surface area contributed by atoms with E-state index in [-0.39, 0.29) is 12.0 Å². The number of carbonyl (C=O) groups is 1. The third kappa shape index (κ3) is 3.93. The Balaban J connectivity index is 1.92. The Hall–Kier alpha value is -2.28. The zero-order valence-corrected chi connectivity index (χ0v) is 15.1. The molecule has 0 bridgehead atoms. The molecular formula is C19H24F2N4O. The molecule has 7 heteroatoms. The van der Waals surface area contributed by atoms with Gasteiger partial charge in [0.2, 0.25) is 5.91 Å². The monoisotopic (exact) mass is 362 g/mol. The fourth-order valence-corrected chi connectivity index (χ4v) is 3.39. The fourth-order valence-electron chi connectivity index (χ4n) is 3.39. The molecule has 26 heavy (non-hydrogen) atoms. The molecule has 2 heterocycles. The summed E-state index contributed by atoms with van der Waals surface area (Å²) in [5.41, 5.74) is 7.67.